The van der Waals surface area contributed by atoms with Crippen molar-refractivity contribution in [2.45, 2.75) is 33.7 Å². The van der Waals surface area contributed by atoms with Crippen LogP contribution in [0.15, 0.2) is 0 Å². The lowest BCUT2D eigenvalue weighted by molar-refractivity contribution is -0.142. The maximum Gasteiger partial charge on any atom is 0.358 e. The van der Waals surface area contributed by atoms with Crippen molar-refractivity contribution < 1.29 is 19.4 Å². The molecule has 1 heterocycles. The van der Waals surface area contributed by atoms with E-state index in [4.69, 9.17) is 4.74 Å². The summed E-state index contributed by atoms with van der Waals surface area (Å²) in [6, 6.07) is 0. The maximum absolute atomic E-state index is 11.7. The molecule has 2 N–H and O–H groups in total. The van der Waals surface area contributed by atoms with Gasteiger partial charge >= 0.3 is 11.9 Å². The minimum atomic E-state index is -0.808. The predicted octanol–water partition coefficient (Wildman–Crippen LogP) is 1.35. The number of rotatable bonds is 8. The first kappa shape index (κ1) is 18.2. The van der Waals surface area contributed by atoms with E-state index in [1.54, 1.807) is 11.7 Å². The van der Waals surface area contributed by atoms with Crippen molar-refractivity contribution in [3.8, 4) is 0 Å². The molecule has 0 aromatic carbocycles. The summed E-state index contributed by atoms with van der Waals surface area (Å²) in [6.07, 6.45) is 0.609. The Morgan fingerprint density at radius 3 is 2.55 bits per heavy atom. The van der Waals surface area contributed by atoms with E-state index in [2.05, 4.69) is 10.4 Å². The highest BCUT2D eigenvalue weighted by Crippen LogP contribution is 2.15. The van der Waals surface area contributed by atoms with E-state index < -0.39 is 17.9 Å². The zero-order valence-corrected chi connectivity index (χ0v) is 13.8. The van der Waals surface area contributed by atoms with E-state index >= 15 is 0 Å². The van der Waals surface area contributed by atoms with Gasteiger partial charge in [0.05, 0.1) is 13.0 Å². The predicted molar refractivity (Wildman–Crippen MR) is 81.6 cm³/mol. The number of aliphatic carboxylic acids is 1. The third-order valence-electron chi connectivity index (χ3n) is 3.63. The molecule has 124 valence electrons. The Bertz CT molecular complexity index is 537. The molecule has 0 saturated carbocycles. The van der Waals surface area contributed by atoms with Crippen LogP contribution in [0.3, 0.4) is 0 Å². The molecule has 0 aliphatic rings. The standard InChI is InChI=1S/C15H25N3O4/c1-9(2)6-11(14(19)20)7-16-8-12-10(3)18(4)17-13(12)15(21)22-5/h9,11,16H,6-8H2,1-5H3,(H,19,20). The van der Waals surface area contributed by atoms with Crippen molar-refractivity contribution in [3.05, 3.63) is 17.0 Å². The number of carbonyl (C=O) groups is 2. The molecular formula is C15H25N3O4. The fourth-order valence-electron chi connectivity index (χ4n) is 2.34. The largest absolute Gasteiger partial charge is 0.481 e. The van der Waals surface area contributed by atoms with E-state index in [9.17, 15) is 14.7 Å². The highest BCUT2D eigenvalue weighted by atomic mass is 16.5. The molecule has 7 heteroatoms. The number of carbonyl (C=O) groups excluding carboxylic acids is 1. The lowest BCUT2D eigenvalue weighted by Crippen LogP contribution is -2.29. The Kier molecular flexibility index (Phi) is 6.55. The number of nitrogens with zero attached hydrogens (tertiary/aromatic N) is 2. The minimum Gasteiger partial charge on any atom is -0.481 e. The molecule has 1 aromatic heterocycles. The topological polar surface area (TPSA) is 93.5 Å². The number of hydrogen-bond donors (Lipinski definition) is 2. The maximum atomic E-state index is 11.7. The second-order valence-electron chi connectivity index (χ2n) is 5.82. The van der Waals surface area contributed by atoms with Gasteiger partial charge < -0.3 is 15.2 Å². The van der Waals surface area contributed by atoms with Crippen LogP contribution in [0, 0.1) is 18.8 Å². The van der Waals surface area contributed by atoms with E-state index in [0.29, 0.717) is 25.4 Å². The molecule has 0 aliphatic heterocycles. The van der Waals surface area contributed by atoms with Crippen molar-refractivity contribution in [2.24, 2.45) is 18.9 Å². The third-order valence-corrected chi connectivity index (χ3v) is 3.63. The number of aromatic nitrogens is 2. The number of ether oxygens (including phenoxy) is 1. The number of methoxy groups -OCH3 is 1. The van der Waals surface area contributed by atoms with Crippen LogP contribution >= 0.6 is 0 Å². The second kappa shape index (κ2) is 7.93. The zero-order chi connectivity index (χ0) is 16.9. The summed E-state index contributed by atoms with van der Waals surface area (Å²) in [7, 11) is 3.07. The summed E-state index contributed by atoms with van der Waals surface area (Å²) in [6.45, 7) is 6.58. The van der Waals surface area contributed by atoms with Gasteiger partial charge in [0.1, 0.15) is 0 Å². The summed E-state index contributed by atoms with van der Waals surface area (Å²) < 4.78 is 6.34. The van der Waals surface area contributed by atoms with Gasteiger partial charge in [-0.05, 0) is 19.3 Å². The van der Waals surface area contributed by atoms with Gasteiger partial charge in [-0.25, -0.2) is 4.79 Å². The Labute approximate surface area is 130 Å². The van der Waals surface area contributed by atoms with Crippen molar-refractivity contribution in [1.82, 2.24) is 15.1 Å². The van der Waals surface area contributed by atoms with E-state index in [1.807, 2.05) is 20.8 Å². The summed E-state index contributed by atoms with van der Waals surface area (Å²) in [5, 5.41) is 16.5. The fraction of sp³-hybridized carbons (Fsp3) is 0.667. The summed E-state index contributed by atoms with van der Waals surface area (Å²) in [5.74, 6) is -1.43. The molecule has 0 bridgehead atoms. The van der Waals surface area contributed by atoms with Crippen molar-refractivity contribution in [1.29, 1.82) is 0 Å². The molecule has 7 nitrogen and oxygen atoms in total. The van der Waals surface area contributed by atoms with Gasteiger partial charge in [0.25, 0.3) is 0 Å². The number of carboxylic acids is 1. The van der Waals surface area contributed by atoms with Gasteiger partial charge in [0.2, 0.25) is 0 Å². The lowest BCUT2D eigenvalue weighted by Gasteiger charge is -2.15. The smallest absolute Gasteiger partial charge is 0.358 e. The van der Waals surface area contributed by atoms with Crippen molar-refractivity contribution in [3.63, 3.8) is 0 Å². The average Bonchev–Trinajstić information content (AvgIpc) is 2.73. The van der Waals surface area contributed by atoms with Crippen LogP contribution in [0.4, 0.5) is 0 Å². The van der Waals surface area contributed by atoms with Crippen LogP contribution in [-0.2, 0) is 23.1 Å². The first-order valence-corrected chi connectivity index (χ1v) is 7.32. The molecule has 1 rings (SSSR count). The van der Waals surface area contributed by atoms with Crippen LogP contribution in [-0.4, -0.2) is 40.5 Å². The van der Waals surface area contributed by atoms with Crippen LogP contribution in [0.1, 0.15) is 42.0 Å². The highest BCUT2D eigenvalue weighted by molar-refractivity contribution is 5.89. The number of esters is 1. The molecule has 0 aliphatic carbocycles. The van der Waals surface area contributed by atoms with Gasteiger partial charge in [0.15, 0.2) is 5.69 Å². The second-order valence-corrected chi connectivity index (χ2v) is 5.82. The molecule has 1 atom stereocenters. The van der Waals surface area contributed by atoms with Crippen LogP contribution in [0.25, 0.3) is 0 Å². The Morgan fingerprint density at radius 2 is 2.05 bits per heavy atom. The molecule has 22 heavy (non-hydrogen) atoms. The number of aryl methyl sites for hydroxylation is 1. The molecule has 0 radical (unpaired) electrons. The first-order valence-electron chi connectivity index (χ1n) is 7.32. The zero-order valence-electron chi connectivity index (χ0n) is 13.8. The normalized spacial score (nSPS) is 12.5. The van der Waals surface area contributed by atoms with Gasteiger partial charge in [-0.1, -0.05) is 13.8 Å². The Balaban J connectivity index is 2.75. The van der Waals surface area contributed by atoms with Crippen molar-refractivity contribution >= 4 is 11.9 Å². The van der Waals surface area contributed by atoms with E-state index in [1.165, 1.54) is 7.11 Å². The summed E-state index contributed by atoms with van der Waals surface area (Å²) >= 11 is 0. The van der Waals surface area contributed by atoms with Crippen molar-refractivity contribution in [2.75, 3.05) is 13.7 Å². The molecule has 0 saturated heterocycles. The Hall–Kier alpha value is -1.89. The van der Waals surface area contributed by atoms with Gasteiger partial charge in [-0.15, -0.1) is 0 Å². The number of carboxylic acid groups (broad SMARTS) is 1. The van der Waals surface area contributed by atoms with Crippen LogP contribution < -0.4 is 5.32 Å². The molecule has 0 fully saturated rings. The monoisotopic (exact) mass is 311 g/mol. The Morgan fingerprint density at radius 1 is 1.41 bits per heavy atom. The molecule has 1 aromatic rings. The van der Waals surface area contributed by atoms with E-state index in [0.717, 1.165) is 11.3 Å². The lowest BCUT2D eigenvalue weighted by atomic mass is 9.97. The third kappa shape index (κ3) is 4.56. The van der Waals surface area contributed by atoms with Gasteiger partial charge in [-0.3, -0.25) is 9.48 Å². The van der Waals surface area contributed by atoms with E-state index in [-0.39, 0.29) is 5.69 Å². The molecule has 0 amide bonds. The molecule has 0 spiro atoms. The van der Waals surface area contributed by atoms with Crippen LogP contribution in [0.2, 0.25) is 0 Å². The first-order chi connectivity index (χ1) is 10.3. The quantitative estimate of drug-likeness (QED) is 0.704. The summed E-state index contributed by atoms with van der Waals surface area (Å²) in [5.41, 5.74) is 1.86. The van der Waals surface area contributed by atoms with Crippen LogP contribution in [0.5, 0.6) is 0 Å². The fourth-order valence-corrected chi connectivity index (χ4v) is 2.34. The number of nitrogens with one attached hydrogen (secondary N) is 1. The highest BCUT2D eigenvalue weighted by Gasteiger charge is 2.22. The SMILES string of the molecule is COC(=O)c1nn(C)c(C)c1CNCC(CC(C)C)C(=O)O. The molecule has 1 unspecified atom stereocenters. The summed E-state index contributed by atoms with van der Waals surface area (Å²) in [4.78, 5) is 23.0. The van der Waals surface area contributed by atoms with Gasteiger partial charge in [-0.2, -0.15) is 5.10 Å². The van der Waals surface area contributed by atoms with Gasteiger partial charge in [0, 0.05) is 31.4 Å². The average molecular weight is 311 g/mol. The minimum absolute atomic E-state index is 0.269. The number of hydrogen-bond acceptors (Lipinski definition) is 5. The molecular weight excluding hydrogens is 286 g/mol.